The molecule has 0 aromatic heterocycles. The molecule has 64 heavy (non-hydrogen) atoms. The molecule has 0 spiro atoms. The number of carbonyl (C=O) groups excluding carboxylic acids is 2. The van der Waals surface area contributed by atoms with Crippen molar-refractivity contribution in [2.24, 2.45) is 0 Å². The molecule has 1 rings (SSSR count). The molecule has 0 aromatic carbocycles. The van der Waals surface area contributed by atoms with Gasteiger partial charge in [-0.3, -0.25) is 18.6 Å². The van der Waals surface area contributed by atoms with Crippen LogP contribution in [0.15, 0.2) is 72.9 Å². The van der Waals surface area contributed by atoms with Crippen molar-refractivity contribution in [3.63, 3.8) is 0 Å². The second-order valence-electron chi connectivity index (χ2n) is 16.4. The largest absolute Gasteiger partial charge is 0.472 e. The lowest BCUT2D eigenvalue weighted by molar-refractivity contribution is -0.220. The highest BCUT2D eigenvalue weighted by molar-refractivity contribution is 7.47. The number of aliphatic hydroxyl groups excluding tert-OH is 6. The van der Waals surface area contributed by atoms with E-state index in [0.29, 0.717) is 25.7 Å². The van der Waals surface area contributed by atoms with E-state index in [1.807, 2.05) is 49.5 Å². The fourth-order valence-corrected chi connectivity index (χ4v) is 7.71. The highest BCUT2D eigenvalue weighted by atomic mass is 31.2. The number of rotatable bonds is 38. The van der Waals surface area contributed by atoms with Crippen LogP contribution in [0, 0.1) is 0 Å². The van der Waals surface area contributed by atoms with E-state index in [2.05, 4.69) is 31.2 Å². The van der Waals surface area contributed by atoms with Crippen LogP contribution in [-0.2, 0) is 32.7 Å². The van der Waals surface area contributed by atoms with Crippen LogP contribution in [0.25, 0.3) is 0 Å². The molecule has 368 valence electrons. The predicted octanol–water partition coefficient (Wildman–Crippen LogP) is 8.47. The molecule has 1 aliphatic carbocycles. The van der Waals surface area contributed by atoms with E-state index in [1.54, 1.807) is 6.08 Å². The fraction of sp³-hybridized carbons (Fsp3) is 0.714. The molecule has 0 heterocycles. The predicted molar refractivity (Wildman–Crippen MR) is 250 cm³/mol. The molecule has 14 nitrogen and oxygen atoms in total. The summed E-state index contributed by atoms with van der Waals surface area (Å²) in [7, 11) is -5.15. The number of unbranched alkanes of at least 4 members (excludes halogenated alkanes) is 14. The Kier molecular flexibility index (Phi) is 35.5. The molecule has 0 radical (unpaired) electrons. The first-order chi connectivity index (χ1) is 30.8. The van der Waals surface area contributed by atoms with Crippen molar-refractivity contribution in [1.29, 1.82) is 0 Å². The molecule has 1 fully saturated rings. The van der Waals surface area contributed by atoms with Crippen molar-refractivity contribution in [3.05, 3.63) is 72.9 Å². The highest BCUT2D eigenvalue weighted by Gasteiger charge is 2.51. The summed E-state index contributed by atoms with van der Waals surface area (Å²) in [5, 5.41) is 59.6. The Morgan fingerprint density at radius 1 is 0.562 bits per heavy atom. The van der Waals surface area contributed by atoms with E-state index in [1.165, 1.54) is 70.6 Å². The molecule has 1 aliphatic rings. The number of phosphoric acid groups is 1. The van der Waals surface area contributed by atoms with Gasteiger partial charge in [0.2, 0.25) is 0 Å². The van der Waals surface area contributed by atoms with Crippen LogP contribution in [0.2, 0.25) is 0 Å². The van der Waals surface area contributed by atoms with Crippen LogP contribution in [0.1, 0.15) is 162 Å². The Bertz CT molecular complexity index is 1410. The summed E-state index contributed by atoms with van der Waals surface area (Å²) in [6.07, 6.45) is 32.0. The minimum absolute atomic E-state index is 0.0413. The lowest BCUT2D eigenvalue weighted by atomic mass is 9.85. The fourth-order valence-electron chi connectivity index (χ4n) is 6.74. The van der Waals surface area contributed by atoms with Gasteiger partial charge >= 0.3 is 19.8 Å². The number of esters is 2. The Morgan fingerprint density at radius 2 is 1.02 bits per heavy atom. The number of carbonyl (C=O) groups is 2. The van der Waals surface area contributed by atoms with Gasteiger partial charge < -0.3 is 45.0 Å². The van der Waals surface area contributed by atoms with Gasteiger partial charge in [0.15, 0.2) is 6.10 Å². The van der Waals surface area contributed by atoms with Crippen molar-refractivity contribution in [1.82, 2.24) is 0 Å². The Labute approximate surface area is 383 Å². The standard InChI is InChI=1S/C49H83O14P/c1-3-5-6-7-8-9-10-11-14-18-21-24-27-30-33-36-42(51)60-38-41(39-61-64(58,59)63-49-47(56)45(54)44(53)46(55)48(49)57)62-43(52)37-34-31-28-25-22-19-16-13-12-15-17-20-23-26-29-32-35-40(50)4-2/h12-13,17,19-20,22,26,28-29,31-32,35,40-41,44-50,53-57H,3-11,14-16,18,21,23-25,27,30,33-34,36-39H2,1-2H3,(H,58,59)/b13-12-,20-17-,22-19-,29-26-,31-28-,35-32+. The maximum Gasteiger partial charge on any atom is 0.472 e. The van der Waals surface area contributed by atoms with Gasteiger partial charge in [-0.25, -0.2) is 4.57 Å². The molecule has 15 heteroatoms. The number of ether oxygens (including phenoxy) is 2. The van der Waals surface area contributed by atoms with E-state index in [9.17, 15) is 49.7 Å². The van der Waals surface area contributed by atoms with Crippen LogP contribution in [0.5, 0.6) is 0 Å². The summed E-state index contributed by atoms with van der Waals surface area (Å²) in [5.74, 6) is -1.21. The number of phosphoric ester groups is 1. The third-order valence-electron chi connectivity index (χ3n) is 10.7. The third kappa shape index (κ3) is 30.5. The number of hydrogen-bond acceptors (Lipinski definition) is 13. The van der Waals surface area contributed by atoms with Crippen LogP contribution in [0.3, 0.4) is 0 Å². The summed E-state index contributed by atoms with van der Waals surface area (Å²) in [6, 6.07) is 0. The van der Waals surface area contributed by atoms with Crippen molar-refractivity contribution in [3.8, 4) is 0 Å². The molecule has 0 aliphatic heterocycles. The molecular formula is C49H83O14P. The normalized spacial score (nSPS) is 22.7. The number of aliphatic hydroxyl groups is 6. The maximum absolute atomic E-state index is 12.8. The maximum atomic E-state index is 12.8. The Balaban J connectivity index is 2.51. The Morgan fingerprint density at radius 3 is 1.52 bits per heavy atom. The summed E-state index contributed by atoms with van der Waals surface area (Å²) in [5.41, 5.74) is 0. The molecule has 1 saturated carbocycles. The van der Waals surface area contributed by atoms with E-state index >= 15 is 0 Å². The molecule has 7 unspecified atom stereocenters. The third-order valence-corrected chi connectivity index (χ3v) is 11.7. The average Bonchev–Trinajstić information content (AvgIpc) is 3.28. The van der Waals surface area contributed by atoms with Gasteiger partial charge in [-0.1, -0.05) is 177 Å². The van der Waals surface area contributed by atoms with E-state index in [4.69, 9.17) is 18.5 Å². The first-order valence-electron chi connectivity index (χ1n) is 23.8. The summed E-state index contributed by atoms with van der Waals surface area (Å²) < 4.78 is 33.4. The zero-order chi connectivity index (χ0) is 47.3. The van der Waals surface area contributed by atoms with Crippen molar-refractivity contribution in [2.45, 2.75) is 210 Å². The molecule has 0 saturated heterocycles. The number of hydrogen-bond donors (Lipinski definition) is 7. The van der Waals surface area contributed by atoms with Gasteiger partial charge in [-0.2, -0.15) is 0 Å². The highest BCUT2D eigenvalue weighted by Crippen LogP contribution is 2.47. The van der Waals surface area contributed by atoms with Crippen LogP contribution >= 0.6 is 7.82 Å². The average molecular weight is 927 g/mol. The second kappa shape index (κ2) is 38.4. The lowest BCUT2D eigenvalue weighted by Crippen LogP contribution is -2.64. The second-order valence-corrected chi connectivity index (χ2v) is 17.8. The quantitative estimate of drug-likeness (QED) is 0.0101. The molecule has 0 aromatic rings. The van der Waals surface area contributed by atoms with Crippen molar-refractivity contribution >= 4 is 19.8 Å². The first kappa shape index (κ1) is 59.3. The SMILES string of the molecule is CCCCCCCCCCCCCCCCCC(=O)OCC(COP(=O)(O)OC1C(O)C(O)C(O)C(O)C1O)OC(=O)CC/C=C\C/C=C\C/C=C\C/C=C\C/C=C\C=C\C(O)CC. The molecule has 7 atom stereocenters. The van der Waals surface area contributed by atoms with Crippen molar-refractivity contribution in [2.75, 3.05) is 13.2 Å². The summed E-state index contributed by atoms with van der Waals surface area (Å²) in [4.78, 5) is 35.7. The smallest absolute Gasteiger partial charge is 0.462 e. The minimum atomic E-state index is -5.15. The minimum Gasteiger partial charge on any atom is -0.462 e. The van der Waals surface area contributed by atoms with Gasteiger partial charge in [-0.05, 0) is 44.9 Å². The van der Waals surface area contributed by atoms with E-state index in [-0.39, 0.29) is 12.8 Å². The summed E-state index contributed by atoms with van der Waals surface area (Å²) >= 11 is 0. The number of allylic oxidation sites excluding steroid dienone is 11. The molecule has 7 N–H and O–H groups in total. The van der Waals surface area contributed by atoms with Crippen LogP contribution < -0.4 is 0 Å². The van der Waals surface area contributed by atoms with E-state index in [0.717, 1.165) is 38.5 Å². The lowest BCUT2D eigenvalue weighted by Gasteiger charge is -2.41. The van der Waals surface area contributed by atoms with Crippen LogP contribution in [-0.4, -0.2) is 110 Å². The first-order valence-corrected chi connectivity index (χ1v) is 25.3. The Hall–Kier alpha value is -2.75. The van der Waals surface area contributed by atoms with Gasteiger partial charge in [0.05, 0.1) is 12.7 Å². The van der Waals surface area contributed by atoms with Gasteiger partial charge in [0.25, 0.3) is 0 Å². The zero-order valence-electron chi connectivity index (χ0n) is 38.7. The summed E-state index contributed by atoms with van der Waals surface area (Å²) in [6.45, 7) is 2.91. The van der Waals surface area contributed by atoms with Crippen molar-refractivity contribution < 1.29 is 68.2 Å². The van der Waals surface area contributed by atoms with Gasteiger partial charge in [0.1, 0.15) is 43.2 Å². The van der Waals surface area contributed by atoms with Gasteiger partial charge in [-0.15, -0.1) is 0 Å². The van der Waals surface area contributed by atoms with E-state index < -0.39 is 81.8 Å². The topological polar surface area (TPSA) is 230 Å². The molecule has 0 bridgehead atoms. The molecule has 0 amide bonds. The van der Waals surface area contributed by atoms with Crippen LogP contribution in [0.4, 0.5) is 0 Å². The van der Waals surface area contributed by atoms with Gasteiger partial charge in [0, 0.05) is 12.8 Å². The zero-order valence-corrected chi connectivity index (χ0v) is 39.6. The molecular weight excluding hydrogens is 843 g/mol. The monoisotopic (exact) mass is 927 g/mol.